The summed E-state index contributed by atoms with van der Waals surface area (Å²) in [6, 6.07) is 13.5. The largest absolute Gasteiger partial charge is 0.504 e. The van der Waals surface area contributed by atoms with E-state index in [1.165, 1.54) is 6.07 Å². The Morgan fingerprint density at radius 1 is 1.06 bits per heavy atom. The van der Waals surface area contributed by atoms with Gasteiger partial charge in [-0.1, -0.05) is 35.9 Å². The molecule has 2 aromatic rings. The molecule has 0 saturated carbocycles. The molecule has 0 amide bonds. The molecule has 2 rings (SSSR count). The Labute approximate surface area is 110 Å². The standard InChI is InChI=1S/C14H13ClO3/c15-11-7-5-10(6-8-11)13(17)9-18-14-4-2-1-3-12(14)16/h1-8,13,16-17H,9H2. The highest BCUT2D eigenvalue weighted by Gasteiger charge is 2.09. The second kappa shape index (κ2) is 5.76. The minimum Gasteiger partial charge on any atom is -0.504 e. The van der Waals surface area contributed by atoms with Crippen molar-refractivity contribution in [3.63, 3.8) is 0 Å². The fourth-order valence-corrected chi connectivity index (χ4v) is 1.66. The number of phenolic OH excluding ortho intramolecular Hbond substituents is 1. The van der Waals surface area contributed by atoms with E-state index >= 15 is 0 Å². The van der Waals surface area contributed by atoms with Crippen LogP contribution < -0.4 is 4.74 Å². The summed E-state index contributed by atoms with van der Waals surface area (Å²) in [7, 11) is 0. The smallest absolute Gasteiger partial charge is 0.161 e. The van der Waals surface area contributed by atoms with Crippen LogP contribution in [0.4, 0.5) is 0 Å². The molecule has 0 spiro atoms. The number of ether oxygens (including phenoxy) is 1. The van der Waals surface area contributed by atoms with E-state index < -0.39 is 6.10 Å². The summed E-state index contributed by atoms with van der Waals surface area (Å²) in [5.41, 5.74) is 0.717. The van der Waals surface area contributed by atoms with Crippen molar-refractivity contribution in [1.29, 1.82) is 0 Å². The second-order valence-corrected chi connectivity index (χ2v) is 4.28. The van der Waals surface area contributed by atoms with Crippen molar-refractivity contribution >= 4 is 11.6 Å². The summed E-state index contributed by atoms with van der Waals surface area (Å²) >= 11 is 5.76. The number of benzene rings is 2. The fourth-order valence-electron chi connectivity index (χ4n) is 1.53. The molecule has 0 aliphatic heterocycles. The summed E-state index contributed by atoms with van der Waals surface area (Å²) in [5.74, 6) is 0.409. The SMILES string of the molecule is Oc1ccccc1OCC(O)c1ccc(Cl)cc1. The van der Waals surface area contributed by atoms with E-state index in [0.717, 1.165) is 5.56 Å². The van der Waals surface area contributed by atoms with E-state index in [1.54, 1.807) is 42.5 Å². The molecule has 1 atom stereocenters. The first-order valence-electron chi connectivity index (χ1n) is 5.51. The lowest BCUT2D eigenvalue weighted by atomic mass is 10.1. The van der Waals surface area contributed by atoms with Crippen LogP contribution in [0.3, 0.4) is 0 Å². The van der Waals surface area contributed by atoms with Crippen LogP contribution >= 0.6 is 11.6 Å². The Hall–Kier alpha value is -1.71. The topological polar surface area (TPSA) is 49.7 Å². The van der Waals surface area contributed by atoms with E-state index in [1.807, 2.05) is 0 Å². The first-order chi connectivity index (χ1) is 8.66. The predicted molar refractivity (Wildman–Crippen MR) is 70.0 cm³/mol. The number of hydrogen-bond acceptors (Lipinski definition) is 3. The summed E-state index contributed by atoms with van der Waals surface area (Å²) in [5, 5.41) is 20.0. The molecular formula is C14H13ClO3. The number of para-hydroxylation sites is 2. The zero-order valence-corrected chi connectivity index (χ0v) is 10.3. The Morgan fingerprint density at radius 3 is 2.39 bits per heavy atom. The van der Waals surface area contributed by atoms with Gasteiger partial charge in [-0.25, -0.2) is 0 Å². The molecule has 18 heavy (non-hydrogen) atoms. The van der Waals surface area contributed by atoms with Crippen molar-refractivity contribution in [2.45, 2.75) is 6.10 Å². The van der Waals surface area contributed by atoms with Crippen LogP contribution in [0.1, 0.15) is 11.7 Å². The number of rotatable bonds is 4. The molecule has 0 bridgehead atoms. The van der Waals surface area contributed by atoms with Crippen LogP contribution in [0.5, 0.6) is 11.5 Å². The molecule has 0 heterocycles. The number of aromatic hydroxyl groups is 1. The van der Waals surface area contributed by atoms with Gasteiger partial charge in [-0.05, 0) is 29.8 Å². The predicted octanol–water partition coefficient (Wildman–Crippen LogP) is 3.16. The summed E-state index contributed by atoms with van der Waals surface area (Å²) in [6.07, 6.45) is -0.762. The monoisotopic (exact) mass is 264 g/mol. The van der Waals surface area contributed by atoms with Crippen LogP contribution in [0.25, 0.3) is 0 Å². The lowest BCUT2D eigenvalue weighted by Gasteiger charge is -2.13. The molecule has 2 N–H and O–H groups in total. The Balaban J connectivity index is 1.98. The zero-order chi connectivity index (χ0) is 13.0. The highest BCUT2D eigenvalue weighted by atomic mass is 35.5. The highest BCUT2D eigenvalue weighted by molar-refractivity contribution is 6.30. The van der Waals surface area contributed by atoms with Gasteiger partial charge in [0.1, 0.15) is 12.7 Å². The van der Waals surface area contributed by atoms with E-state index in [-0.39, 0.29) is 12.4 Å². The normalized spacial score (nSPS) is 12.1. The minimum atomic E-state index is -0.762. The first-order valence-corrected chi connectivity index (χ1v) is 5.89. The summed E-state index contributed by atoms with van der Waals surface area (Å²) < 4.78 is 5.35. The second-order valence-electron chi connectivity index (χ2n) is 3.85. The lowest BCUT2D eigenvalue weighted by molar-refractivity contribution is 0.106. The molecule has 94 valence electrons. The number of aliphatic hydroxyl groups excluding tert-OH is 1. The molecule has 0 aliphatic rings. The van der Waals surface area contributed by atoms with Crippen molar-refractivity contribution < 1.29 is 14.9 Å². The van der Waals surface area contributed by atoms with Crippen LogP contribution in [-0.2, 0) is 0 Å². The van der Waals surface area contributed by atoms with Gasteiger partial charge in [0.2, 0.25) is 0 Å². The maximum absolute atomic E-state index is 9.91. The van der Waals surface area contributed by atoms with Crippen molar-refractivity contribution in [2.24, 2.45) is 0 Å². The van der Waals surface area contributed by atoms with E-state index in [0.29, 0.717) is 10.8 Å². The number of phenols is 1. The molecule has 0 saturated heterocycles. The average molecular weight is 265 g/mol. The van der Waals surface area contributed by atoms with Gasteiger partial charge in [0.05, 0.1) is 0 Å². The number of halogens is 1. The van der Waals surface area contributed by atoms with Crippen LogP contribution in [0.15, 0.2) is 48.5 Å². The van der Waals surface area contributed by atoms with Crippen molar-refractivity contribution in [1.82, 2.24) is 0 Å². The maximum Gasteiger partial charge on any atom is 0.161 e. The molecule has 3 nitrogen and oxygen atoms in total. The van der Waals surface area contributed by atoms with Gasteiger partial charge in [-0.2, -0.15) is 0 Å². The third-order valence-electron chi connectivity index (χ3n) is 2.52. The van der Waals surface area contributed by atoms with Crippen LogP contribution in [-0.4, -0.2) is 16.8 Å². The molecule has 0 aliphatic carbocycles. The fraction of sp³-hybridized carbons (Fsp3) is 0.143. The third kappa shape index (κ3) is 3.15. The van der Waals surface area contributed by atoms with Gasteiger partial charge in [0, 0.05) is 5.02 Å². The van der Waals surface area contributed by atoms with Gasteiger partial charge >= 0.3 is 0 Å². The Kier molecular flexibility index (Phi) is 4.07. The van der Waals surface area contributed by atoms with E-state index in [4.69, 9.17) is 16.3 Å². The summed E-state index contributed by atoms with van der Waals surface area (Å²) in [4.78, 5) is 0. The van der Waals surface area contributed by atoms with Crippen molar-refractivity contribution in [3.8, 4) is 11.5 Å². The van der Waals surface area contributed by atoms with Crippen LogP contribution in [0, 0.1) is 0 Å². The zero-order valence-electron chi connectivity index (χ0n) is 9.58. The molecule has 0 aromatic heterocycles. The van der Waals surface area contributed by atoms with Gasteiger partial charge in [0.15, 0.2) is 11.5 Å². The molecule has 4 heteroatoms. The summed E-state index contributed by atoms with van der Waals surface area (Å²) in [6.45, 7) is 0.0687. The Bertz CT molecular complexity index is 511. The third-order valence-corrected chi connectivity index (χ3v) is 2.77. The molecule has 2 aromatic carbocycles. The van der Waals surface area contributed by atoms with Crippen molar-refractivity contribution in [3.05, 3.63) is 59.1 Å². The number of hydrogen-bond donors (Lipinski definition) is 2. The minimum absolute atomic E-state index is 0.0563. The highest BCUT2D eigenvalue weighted by Crippen LogP contribution is 2.26. The van der Waals surface area contributed by atoms with Gasteiger partial charge in [-0.3, -0.25) is 0 Å². The molecule has 0 fully saturated rings. The van der Waals surface area contributed by atoms with E-state index in [2.05, 4.69) is 0 Å². The van der Waals surface area contributed by atoms with Gasteiger partial charge < -0.3 is 14.9 Å². The lowest BCUT2D eigenvalue weighted by Crippen LogP contribution is -2.09. The van der Waals surface area contributed by atoms with Gasteiger partial charge in [0.25, 0.3) is 0 Å². The molecular weight excluding hydrogens is 252 g/mol. The molecule has 0 radical (unpaired) electrons. The average Bonchev–Trinajstić information content (AvgIpc) is 2.38. The first kappa shape index (κ1) is 12.7. The van der Waals surface area contributed by atoms with E-state index in [9.17, 15) is 10.2 Å². The molecule has 1 unspecified atom stereocenters. The van der Waals surface area contributed by atoms with Gasteiger partial charge in [-0.15, -0.1) is 0 Å². The maximum atomic E-state index is 9.91. The number of aliphatic hydroxyl groups is 1. The van der Waals surface area contributed by atoms with Crippen molar-refractivity contribution in [2.75, 3.05) is 6.61 Å². The van der Waals surface area contributed by atoms with Crippen LogP contribution in [0.2, 0.25) is 5.02 Å². The Morgan fingerprint density at radius 2 is 1.72 bits per heavy atom. The quantitative estimate of drug-likeness (QED) is 0.892.